The molecule has 3 rings (SSSR count). The first-order valence-electron chi connectivity index (χ1n) is 6.02. The maximum absolute atomic E-state index is 4.64. The Morgan fingerprint density at radius 1 is 1.44 bits per heavy atom. The molecule has 1 aliphatic heterocycles. The molecule has 3 nitrogen and oxygen atoms in total. The molecule has 84 valence electrons. The van der Waals surface area contributed by atoms with Crippen LogP contribution in [0.25, 0.3) is 11.0 Å². The first kappa shape index (κ1) is 9.70. The van der Waals surface area contributed by atoms with Gasteiger partial charge in [-0.3, -0.25) is 0 Å². The van der Waals surface area contributed by atoms with Gasteiger partial charge in [-0.05, 0) is 24.5 Å². The second-order valence-electron chi connectivity index (χ2n) is 4.63. The Kier molecular flexibility index (Phi) is 2.13. The van der Waals surface area contributed by atoms with Crippen molar-refractivity contribution in [3.8, 4) is 0 Å². The number of aromatic nitrogens is 2. The average molecular weight is 215 g/mol. The summed E-state index contributed by atoms with van der Waals surface area (Å²) in [6.07, 6.45) is 1.16. The molecule has 0 saturated carbocycles. The predicted molar refractivity (Wildman–Crippen MR) is 66.7 cm³/mol. The zero-order valence-corrected chi connectivity index (χ0v) is 9.77. The Balaban J connectivity index is 2.25. The van der Waals surface area contributed by atoms with Crippen LogP contribution in [0.4, 0.5) is 5.95 Å². The number of imidazole rings is 1. The monoisotopic (exact) mass is 215 g/mol. The second kappa shape index (κ2) is 3.51. The summed E-state index contributed by atoms with van der Waals surface area (Å²) in [7, 11) is 0. The largest absolute Gasteiger partial charge is 0.355 e. The van der Waals surface area contributed by atoms with E-state index in [-0.39, 0.29) is 0 Å². The van der Waals surface area contributed by atoms with Gasteiger partial charge < -0.3 is 9.88 Å². The van der Waals surface area contributed by atoms with Gasteiger partial charge in [-0.15, -0.1) is 0 Å². The molecule has 1 aliphatic rings. The van der Waals surface area contributed by atoms with E-state index in [9.17, 15) is 0 Å². The van der Waals surface area contributed by atoms with Gasteiger partial charge in [0.25, 0.3) is 0 Å². The smallest absolute Gasteiger partial charge is 0.204 e. The highest BCUT2D eigenvalue weighted by molar-refractivity contribution is 5.79. The van der Waals surface area contributed by atoms with E-state index < -0.39 is 0 Å². The Morgan fingerprint density at radius 3 is 3.06 bits per heavy atom. The van der Waals surface area contributed by atoms with Crippen molar-refractivity contribution in [2.75, 3.05) is 11.9 Å². The fourth-order valence-corrected chi connectivity index (χ4v) is 2.73. The van der Waals surface area contributed by atoms with E-state index in [2.05, 4.69) is 46.9 Å². The molecule has 2 atom stereocenters. The predicted octanol–water partition coefficient (Wildman–Crippen LogP) is 3.05. The van der Waals surface area contributed by atoms with E-state index in [0.717, 1.165) is 24.4 Å². The van der Waals surface area contributed by atoms with E-state index in [1.165, 1.54) is 5.52 Å². The minimum absolute atomic E-state index is 0.573. The maximum Gasteiger partial charge on any atom is 0.204 e. The van der Waals surface area contributed by atoms with Crippen LogP contribution in [0.3, 0.4) is 0 Å². The summed E-state index contributed by atoms with van der Waals surface area (Å²) < 4.78 is 2.36. The summed E-state index contributed by atoms with van der Waals surface area (Å²) in [5.74, 6) is 1.70. The highest BCUT2D eigenvalue weighted by Crippen LogP contribution is 2.34. The molecular weight excluding hydrogens is 198 g/mol. The second-order valence-corrected chi connectivity index (χ2v) is 4.63. The molecule has 16 heavy (non-hydrogen) atoms. The lowest BCUT2D eigenvalue weighted by atomic mass is 9.97. The highest BCUT2D eigenvalue weighted by Gasteiger charge is 2.26. The first-order valence-corrected chi connectivity index (χ1v) is 6.02. The number of para-hydroxylation sites is 2. The molecule has 3 heteroatoms. The lowest BCUT2D eigenvalue weighted by Crippen LogP contribution is -2.30. The third kappa shape index (κ3) is 1.24. The zero-order valence-electron chi connectivity index (χ0n) is 9.77. The number of nitrogens with one attached hydrogen (secondary N) is 1. The van der Waals surface area contributed by atoms with Crippen LogP contribution in [-0.2, 0) is 0 Å². The van der Waals surface area contributed by atoms with Crippen molar-refractivity contribution in [1.82, 2.24) is 9.55 Å². The van der Waals surface area contributed by atoms with Gasteiger partial charge in [0.05, 0.1) is 11.0 Å². The molecule has 1 aromatic carbocycles. The normalized spacial score (nSPS) is 24.1. The van der Waals surface area contributed by atoms with Crippen molar-refractivity contribution in [1.29, 1.82) is 0 Å². The summed E-state index contributed by atoms with van der Waals surface area (Å²) in [5, 5.41) is 3.42. The molecule has 0 saturated heterocycles. The fourth-order valence-electron chi connectivity index (χ4n) is 2.73. The number of nitrogens with zero attached hydrogens (tertiary/aromatic N) is 2. The topological polar surface area (TPSA) is 29.9 Å². The summed E-state index contributed by atoms with van der Waals surface area (Å²) in [5.41, 5.74) is 2.35. The minimum Gasteiger partial charge on any atom is -0.355 e. The van der Waals surface area contributed by atoms with Crippen LogP contribution < -0.4 is 5.32 Å². The molecule has 0 spiro atoms. The van der Waals surface area contributed by atoms with Crippen LogP contribution in [0.2, 0.25) is 0 Å². The van der Waals surface area contributed by atoms with Crippen LogP contribution in [0, 0.1) is 5.92 Å². The summed E-state index contributed by atoms with van der Waals surface area (Å²) in [6, 6.07) is 8.95. The molecule has 2 heterocycles. The SMILES string of the molecule is CCC1C(C)CNc2nc3ccccc3n21. The molecule has 2 unspecified atom stereocenters. The quantitative estimate of drug-likeness (QED) is 0.792. The Bertz CT molecular complexity index is 515. The molecule has 0 fully saturated rings. The third-order valence-corrected chi connectivity index (χ3v) is 3.58. The number of fused-ring (bicyclic) bond motifs is 3. The van der Waals surface area contributed by atoms with Gasteiger partial charge in [0.2, 0.25) is 5.95 Å². The molecule has 1 aromatic heterocycles. The van der Waals surface area contributed by atoms with Crippen LogP contribution in [-0.4, -0.2) is 16.1 Å². The van der Waals surface area contributed by atoms with Crippen molar-refractivity contribution in [2.45, 2.75) is 26.3 Å². The zero-order chi connectivity index (χ0) is 11.1. The number of anilines is 1. The van der Waals surface area contributed by atoms with Gasteiger partial charge in [-0.2, -0.15) is 0 Å². The van der Waals surface area contributed by atoms with Crippen LogP contribution in [0.15, 0.2) is 24.3 Å². The van der Waals surface area contributed by atoms with E-state index in [4.69, 9.17) is 0 Å². The van der Waals surface area contributed by atoms with E-state index >= 15 is 0 Å². The van der Waals surface area contributed by atoms with E-state index in [0.29, 0.717) is 12.0 Å². The van der Waals surface area contributed by atoms with Gasteiger partial charge in [0.15, 0.2) is 0 Å². The summed E-state index contributed by atoms with van der Waals surface area (Å²) in [4.78, 5) is 4.64. The van der Waals surface area contributed by atoms with Gasteiger partial charge in [0.1, 0.15) is 0 Å². The van der Waals surface area contributed by atoms with Crippen molar-refractivity contribution in [2.24, 2.45) is 5.92 Å². The van der Waals surface area contributed by atoms with Crippen molar-refractivity contribution >= 4 is 17.0 Å². The number of hydrogen-bond acceptors (Lipinski definition) is 2. The lowest BCUT2D eigenvalue weighted by Gasteiger charge is -2.31. The van der Waals surface area contributed by atoms with Crippen molar-refractivity contribution < 1.29 is 0 Å². The molecular formula is C13H17N3. The maximum atomic E-state index is 4.64. The fraction of sp³-hybridized carbons (Fsp3) is 0.462. The van der Waals surface area contributed by atoms with Crippen LogP contribution >= 0.6 is 0 Å². The Morgan fingerprint density at radius 2 is 2.25 bits per heavy atom. The van der Waals surface area contributed by atoms with E-state index in [1.807, 2.05) is 6.07 Å². The molecule has 0 aliphatic carbocycles. The number of benzene rings is 1. The standard InChI is InChI=1S/C13H17N3/c1-3-11-9(2)8-14-13-15-10-6-4-5-7-12(10)16(11)13/h4-7,9,11H,3,8H2,1-2H3,(H,14,15). The molecule has 1 N–H and O–H groups in total. The van der Waals surface area contributed by atoms with Gasteiger partial charge in [-0.25, -0.2) is 4.98 Å². The van der Waals surface area contributed by atoms with Crippen LogP contribution in [0.5, 0.6) is 0 Å². The summed E-state index contributed by atoms with van der Waals surface area (Å²) in [6.45, 7) is 5.59. The Labute approximate surface area is 95.5 Å². The first-order chi connectivity index (χ1) is 7.81. The minimum atomic E-state index is 0.573. The molecule has 0 amide bonds. The van der Waals surface area contributed by atoms with Gasteiger partial charge in [0, 0.05) is 12.6 Å². The molecule has 2 aromatic rings. The highest BCUT2D eigenvalue weighted by atomic mass is 15.3. The number of rotatable bonds is 1. The van der Waals surface area contributed by atoms with Crippen molar-refractivity contribution in [3.63, 3.8) is 0 Å². The van der Waals surface area contributed by atoms with Gasteiger partial charge in [-0.1, -0.05) is 26.0 Å². The van der Waals surface area contributed by atoms with Gasteiger partial charge >= 0.3 is 0 Å². The summed E-state index contributed by atoms with van der Waals surface area (Å²) >= 11 is 0. The Hall–Kier alpha value is -1.51. The van der Waals surface area contributed by atoms with E-state index in [1.54, 1.807) is 0 Å². The molecule has 0 radical (unpaired) electrons. The molecule has 0 bridgehead atoms. The lowest BCUT2D eigenvalue weighted by molar-refractivity contribution is 0.346. The average Bonchev–Trinajstić information content (AvgIpc) is 2.68. The van der Waals surface area contributed by atoms with Crippen molar-refractivity contribution in [3.05, 3.63) is 24.3 Å². The number of hydrogen-bond donors (Lipinski definition) is 1. The van der Waals surface area contributed by atoms with Crippen LogP contribution in [0.1, 0.15) is 26.3 Å². The third-order valence-electron chi connectivity index (χ3n) is 3.58.